The summed E-state index contributed by atoms with van der Waals surface area (Å²) in [4.78, 5) is 2.47. The van der Waals surface area contributed by atoms with Crippen molar-refractivity contribution < 1.29 is 4.74 Å². The van der Waals surface area contributed by atoms with Gasteiger partial charge in [-0.25, -0.2) is 0 Å². The largest absolute Gasteiger partial charge is 0.388 e. The highest BCUT2D eigenvalue weighted by Crippen LogP contribution is 2.29. The average Bonchev–Trinajstić information content (AvgIpc) is 2.98. The second-order valence-corrected chi connectivity index (χ2v) is 4.37. The number of nitrogens with zero attached hydrogens (tertiary/aromatic N) is 1. The van der Waals surface area contributed by atoms with Gasteiger partial charge >= 0.3 is 0 Å². The van der Waals surface area contributed by atoms with Gasteiger partial charge in [0.25, 0.3) is 0 Å². The Bertz CT molecular complexity index is 204. The maximum absolute atomic E-state index is 7.25. The second kappa shape index (κ2) is 6.08. The van der Waals surface area contributed by atoms with Crippen LogP contribution in [0.3, 0.4) is 0 Å². The molecule has 0 aromatic heterocycles. The molecule has 0 amide bonds. The number of nitrogens with two attached hydrogens (primary N) is 1. The molecule has 1 aliphatic rings. The Balaban J connectivity index is 2.31. The molecule has 0 saturated heterocycles. The fourth-order valence-corrected chi connectivity index (χ4v) is 1.87. The van der Waals surface area contributed by atoms with Crippen LogP contribution in [0.4, 0.5) is 0 Å². The molecule has 0 heterocycles. The Morgan fingerprint density at radius 2 is 2.27 bits per heavy atom. The second-order valence-electron chi connectivity index (χ2n) is 4.37. The first kappa shape index (κ1) is 12.5. The molecule has 4 heteroatoms. The lowest BCUT2D eigenvalue weighted by atomic mass is 10.2. The van der Waals surface area contributed by atoms with E-state index in [1.54, 1.807) is 7.11 Å². The lowest BCUT2D eigenvalue weighted by Crippen LogP contribution is -2.38. The van der Waals surface area contributed by atoms with E-state index in [1.165, 1.54) is 12.8 Å². The normalized spacial score (nSPS) is 18.1. The lowest BCUT2D eigenvalue weighted by Gasteiger charge is -2.28. The highest BCUT2D eigenvalue weighted by atomic mass is 16.5. The summed E-state index contributed by atoms with van der Waals surface area (Å²) in [5, 5.41) is 7.25. The monoisotopic (exact) mass is 213 g/mol. The van der Waals surface area contributed by atoms with Gasteiger partial charge in [0, 0.05) is 38.8 Å². The van der Waals surface area contributed by atoms with Crippen LogP contribution in [0.25, 0.3) is 0 Å². The van der Waals surface area contributed by atoms with E-state index in [4.69, 9.17) is 15.9 Å². The van der Waals surface area contributed by atoms with E-state index in [2.05, 4.69) is 11.8 Å². The molecular weight excluding hydrogens is 190 g/mol. The summed E-state index contributed by atoms with van der Waals surface area (Å²) in [6.07, 6.45) is 4.35. The third-order valence-corrected chi connectivity index (χ3v) is 2.96. The Labute approximate surface area is 92.3 Å². The van der Waals surface area contributed by atoms with Gasteiger partial charge in [-0.2, -0.15) is 0 Å². The molecule has 0 radical (unpaired) electrons. The SMILES string of the molecule is COCCC(C)N(CCC(=N)N)C1CC1. The molecule has 0 aromatic carbocycles. The number of ether oxygens (including phenoxy) is 1. The predicted molar refractivity (Wildman–Crippen MR) is 62.2 cm³/mol. The topological polar surface area (TPSA) is 62.3 Å². The van der Waals surface area contributed by atoms with E-state index < -0.39 is 0 Å². The van der Waals surface area contributed by atoms with Gasteiger partial charge in [0.15, 0.2) is 0 Å². The van der Waals surface area contributed by atoms with Crippen LogP contribution in [0.2, 0.25) is 0 Å². The molecule has 1 rings (SSSR count). The van der Waals surface area contributed by atoms with Crippen molar-refractivity contribution in [1.29, 1.82) is 5.41 Å². The Morgan fingerprint density at radius 3 is 2.73 bits per heavy atom. The van der Waals surface area contributed by atoms with E-state index in [0.29, 0.717) is 18.3 Å². The average molecular weight is 213 g/mol. The number of nitrogens with one attached hydrogen (secondary N) is 1. The zero-order valence-electron chi connectivity index (χ0n) is 9.83. The van der Waals surface area contributed by atoms with Crippen LogP contribution < -0.4 is 5.73 Å². The first-order valence-electron chi connectivity index (χ1n) is 5.72. The molecule has 4 nitrogen and oxygen atoms in total. The first-order chi connectivity index (χ1) is 7.15. The van der Waals surface area contributed by atoms with Crippen LogP contribution in [0, 0.1) is 5.41 Å². The van der Waals surface area contributed by atoms with Gasteiger partial charge < -0.3 is 10.5 Å². The van der Waals surface area contributed by atoms with E-state index in [0.717, 1.165) is 25.6 Å². The van der Waals surface area contributed by atoms with E-state index in [-0.39, 0.29) is 0 Å². The number of rotatable bonds is 8. The third kappa shape index (κ3) is 4.62. The maximum atomic E-state index is 7.25. The lowest BCUT2D eigenvalue weighted by molar-refractivity contribution is 0.135. The molecule has 3 N–H and O–H groups in total. The summed E-state index contributed by atoms with van der Waals surface area (Å²) in [6.45, 7) is 3.97. The first-order valence-corrected chi connectivity index (χ1v) is 5.72. The van der Waals surface area contributed by atoms with Crippen LogP contribution in [0.1, 0.15) is 32.6 Å². The van der Waals surface area contributed by atoms with Gasteiger partial charge in [-0.15, -0.1) is 0 Å². The molecule has 1 unspecified atom stereocenters. The summed E-state index contributed by atoms with van der Waals surface area (Å²) in [7, 11) is 1.74. The van der Waals surface area contributed by atoms with Crippen molar-refractivity contribution >= 4 is 5.84 Å². The molecule has 1 saturated carbocycles. The minimum atomic E-state index is 0.291. The maximum Gasteiger partial charge on any atom is 0.0918 e. The van der Waals surface area contributed by atoms with Crippen molar-refractivity contribution in [3.63, 3.8) is 0 Å². The number of amidine groups is 1. The molecule has 1 aliphatic carbocycles. The van der Waals surface area contributed by atoms with E-state index in [9.17, 15) is 0 Å². The summed E-state index contributed by atoms with van der Waals surface area (Å²) in [5.41, 5.74) is 5.39. The van der Waals surface area contributed by atoms with Gasteiger partial charge in [0.05, 0.1) is 5.84 Å². The smallest absolute Gasteiger partial charge is 0.0918 e. The van der Waals surface area contributed by atoms with Crippen molar-refractivity contribution in [2.45, 2.75) is 44.7 Å². The number of hydrogen-bond acceptors (Lipinski definition) is 3. The van der Waals surface area contributed by atoms with Crippen molar-refractivity contribution in [3.8, 4) is 0 Å². The van der Waals surface area contributed by atoms with Gasteiger partial charge in [-0.3, -0.25) is 10.3 Å². The summed E-state index contributed by atoms with van der Waals surface area (Å²) in [6, 6.07) is 1.27. The zero-order valence-corrected chi connectivity index (χ0v) is 9.83. The quantitative estimate of drug-likeness (QED) is 0.470. The van der Waals surface area contributed by atoms with Crippen LogP contribution in [-0.2, 0) is 4.74 Å². The number of methoxy groups -OCH3 is 1. The Morgan fingerprint density at radius 1 is 1.60 bits per heavy atom. The summed E-state index contributed by atoms with van der Waals surface area (Å²) in [5.74, 6) is 0.291. The highest BCUT2D eigenvalue weighted by Gasteiger charge is 2.31. The fourth-order valence-electron chi connectivity index (χ4n) is 1.87. The summed E-state index contributed by atoms with van der Waals surface area (Å²) < 4.78 is 5.09. The minimum absolute atomic E-state index is 0.291. The van der Waals surface area contributed by atoms with Crippen LogP contribution >= 0.6 is 0 Å². The van der Waals surface area contributed by atoms with Crippen LogP contribution in [-0.4, -0.2) is 43.1 Å². The van der Waals surface area contributed by atoms with Crippen molar-refractivity contribution in [2.75, 3.05) is 20.3 Å². The highest BCUT2D eigenvalue weighted by molar-refractivity contribution is 5.76. The third-order valence-electron chi connectivity index (χ3n) is 2.96. The van der Waals surface area contributed by atoms with Gasteiger partial charge in [0.1, 0.15) is 0 Å². The molecule has 0 aromatic rings. The fraction of sp³-hybridized carbons (Fsp3) is 0.909. The van der Waals surface area contributed by atoms with Crippen molar-refractivity contribution in [3.05, 3.63) is 0 Å². The van der Waals surface area contributed by atoms with Crippen molar-refractivity contribution in [1.82, 2.24) is 4.90 Å². The number of hydrogen-bond donors (Lipinski definition) is 2. The molecule has 0 spiro atoms. The van der Waals surface area contributed by atoms with Gasteiger partial charge in [0.2, 0.25) is 0 Å². The van der Waals surface area contributed by atoms with Crippen LogP contribution in [0.5, 0.6) is 0 Å². The minimum Gasteiger partial charge on any atom is -0.388 e. The molecule has 15 heavy (non-hydrogen) atoms. The molecule has 0 bridgehead atoms. The van der Waals surface area contributed by atoms with Gasteiger partial charge in [-0.05, 0) is 26.2 Å². The van der Waals surface area contributed by atoms with Crippen molar-refractivity contribution in [2.24, 2.45) is 5.73 Å². The molecule has 1 atom stereocenters. The van der Waals surface area contributed by atoms with Crippen LogP contribution in [0.15, 0.2) is 0 Å². The van der Waals surface area contributed by atoms with E-state index in [1.807, 2.05) is 0 Å². The zero-order chi connectivity index (χ0) is 11.3. The Hall–Kier alpha value is -0.610. The molecular formula is C11H23N3O. The molecule has 1 fully saturated rings. The summed E-state index contributed by atoms with van der Waals surface area (Å²) >= 11 is 0. The Kier molecular flexibility index (Phi) is 5.05. The molecule has 0 aliphatic heterocycles. The predicted octanol–water partition coefficient (Wildman–Crippen LogP) is 1.20. The van der Waals surface area contributed by atoms with Gasteiger partial charge in [-0.1, -0.05) is 0 Å². The van der Waals surface area contributed by atoms with E-state index >= 15 is 0 Å². The standard InChI is InChI=1S/C11H23N3O/c1-9(6-8-15-2)14(10-3-4-10)7-5-11(12)13/h9-10H,3-8H2,1-2H3,(H3,12,13). The molecule has 88 valence electrons.